The molecule has 0 aromatic heterocycles. The van der Waals surface area contributed by atoms with Crippen LogP contribution in [0.5, 0.6) is 5.75 Å². The second-order valence-electron chi connectivity index (χ2n) is 4.23. The van der Waals surface area contributed by atoms with Gasteiger partial charge in [-0.05, 0) is 43.9 Å². The van der Waals surface area contributed by atoms with Crippen molar-refractivity contribution in [1.29, 1.82) is 0 Å². The quantitative estimate of drug-likeness (QED) is 0.718. The van der Waals surface area contributed by atoms with Gasteiger partial charge < -0.3 is 9.84 Å². The second-order valence-corrected chi connectivity index (χ2v) is 4.23. The fourth-order valence-electron chi connectivity index (χ4n) is 1.46. The normalized spacial score (nSPS) is 12.4. The lowest BCUT2D eigenvalue weighted by atomic mass is 10.1. The van der Waals surface area contributed by atoms with Crippen molar-refractivity contribution < 1.29 is 9.84 Å². The molecule has 0 fully saturated rings. The topological polar surface area (TPSA) is 29.5 Å². The molecular formula is C14H22O2. The summed E-state index contributed by atoms with van der Waals surface area (Å²) in [7, 11) is 0. The van der Waals surface area contributed by atoms with Crippen LogP contribution in [0.2, 0.25) is 0 Å². The fourth-order valence-corrected chi connectivity index (χ4v) is 1.46. The van der Waals surface area contributed by atoms with Gasteiger partial charge in [-0.25, -0.2) is 0 Å². The van der Waals surface area contributed by atoms with Crippen molar-refractivity contribution in [1.82, 2.24) is 0 Å². The van der Waals surface area contributed by atoms with E-state index in [1.54, 1.807) is 0 Å². The predicted molar refractivity (Wildman–Crippen MR) is 66.8 cm³/mol. The Kier molecular flexibility index (Phi) is 5.94. The van der Waals surface area contributed by atoms with Crippen LogP contribution in [0.25, 0.3) is 0 Å². The van der Waals surface area contributed by atoms with E-state index in [4.69, 9.17) is 4.74 Å². The lowest BCUT2D eigenvalue weighted by Gasteiger charge is -2.07. The molecule has 2 nitrogen and oxygen atoms in total. The first kappa shape index (κ1) is 13.0. The van der Waals surface area contributed by atoms with Crippen LogP contribution >= 0.6 is 0 Å². The smallest absolute Gasteiger partial charge is 0.119 e. The van der Waals surface area contributed by atoms with E-state index in [-0.39, 0.29) is 6.10 Å². The Labute approximate surface area is 98.3 Å². The number of hydrogen-bond donors (Lipinski definition) is 1. The van der Waals surface area contributed by atoms with Crippen molar-refractivity contribution >= 4 is 0 Å². The zero-order valence-electron chi connectivity index (χ0n) is 10.3. The summed E-state index contributed by atoms with van der Waals surface area (Å²) in [6.07, 6.45) is 3.78. The van der Waals surface area contributed by atoms with Crippen LogP contribution in [0.15, 0.2) is 24.3 Å². The molecule has 0 bridgehead atoms. The van der Waals surface area contributed by atoms with Gasteiger partial charge in [-0.1, -0.05) is 25.5 Å². The number of benzene rings is 1. The van der Waals surface area contributed by atoms with Gasteiger partial charge in [0.05, 0.1) is 12.7 Å². The van der Waals surface area contributed by atoms with E-state index in [0.29, 0.717) is 0 Å². The van der Waals surface area contributed by atoms with Crippen molar-refractivity contribution in [3.63, 3.8) is 0 Å². The molecule has 0 amide bonds. The van der Waals surface area contributed by atoms with Crippen LogP contribution in [0.4, 0.5) is 0 Å². The van der Waals surface area contributed by atoms with E-state index in [9.17, 15) is 5.11 Å². The van der Waals surface area contributed by atoms with Gasteiger partial charge in [-0.3, -0.25) is 0 Å². The van der Waals surface area contributed by atoms with Gasteiger partial charge in [-0.15, -0.1) is 0 Å². The standard InChI is InChI=1S/C14H22O2/c1-3-4-11-16-14-9-7-13(8-10-14)6-5-12(2)15/h7-10,12,15H,3-6,11H2,1-2H3/t12-/m1/s1. The van der Waals surface area contributed by atoms with Crippen LogP contribution in [-0.2, 0) is 6.42 Å². The third kappa shape index (κ3) is 5.17. The number of hydrogen-bond acceptors (Lipinski definition) is 2. The molecule has 0 radical (unpaired) electrons. The van der Waals surface area contributed by atoms with Crippen LogP contribution in [0, 0.1) is 0 Å². The van der Waals surface area contributed by atoms with Gasteiger partial charge in [-0.2, -0.15) is 0 Å². The van der Waals surface area contributed by atoms with Crippen LogP contribution in [0.3, 0.4) is 0 Å². The molecule has 1 N–H and O–H groups in total. The van der Waals surface area contributed by atoms with E-state index in [2.05, 4.69) is 19.1 Å². The monoisotopic (exact) mass is 222 g/mol. The highest BCUT2D eigenvalue weighted by Crippen LogP contribution is 2.14. The molecule has 0 aliphatic carbocycles. The van der Waals surface area contributed by atoms with Crippen molar-refractivity contribution in [3.05, 3.63) is 29.8 Å². The number of aliphatic hydroxyl groups excluding tert-OH is 1. The lowest BCUT2D eigenvalue weighted by Crippen LogP contribution is -2.01. The maximum atomic E-state index is 9.19. The summed E-state index contributed by atoms with van der Waals surface area (Å²) in [5, 5.41) is 9.19. The number of unbranched alkanes of at least 4 members (excludes halogenated alkanes) is 1. The number of aliphatic hydroxyl groups is 1. The summed E-state index contributed by atoms with van der Waals surface area (Å²) in [5.41, 5.74) is 1.25. The highest BCUT2D eigenvalue weighted by atomic mass is 16.5. The average molecular weight is 222 g/mol. The van der Waals surface area contributed by atoms with E-state index >= 15 is 0 Å². The van der Waals surface area contributed by atoms with E-state index in [0.717, 1.165) is 38.0 Å². The van der Waals surface area contributed by atoms with Gasteiger partial charge in [0.2, 0.25) is 0 Å². The Balaban J connectivity index is 2.35. The van der Waals surface area contributed by atoms with Crippen molar-refractivity contribution in [2.45, 2.75) is 45.6 Å². The summed E-state index contributed by atoms with van der Waals surface area (Å²) in [6, 6.07) is 8.16. The number of rotatable bonds is 7. The first-order valence-electron chi connectivity index (χ1n) is 6.12. The Morgan fingerprint density at radius 3 is 2.50 bits per heavy atom. The SMILES string of the molecule is CCCCOc1ccc(CC[C@@H](C)O)cc1. The number of aryl methyl sites for hydroxylation is 1. The molecule has 90 valence electrons. The highest BCUT2D eigenvalue weighted by molar-refractivity contribution is 5.27. The van der Waals surface area contributed by atoms with E-state index < -0.39 is 0 Å². The fraction of sp³-hybridized carbons (Fsp3) is 0.571. The molecule has 1 atom stereocenters. The summed E-state index contributed by atoms with van der Waals surface area (Å²) < 4.78 is 5.58. The lowest BCUT2D eigenvalue weighted by molar-refractivity contribution is 0.185. The van der Waals surface area contributed by atoms with E-state index in [1.165, 1.54) is 5.56 Å². The molecule has 0 aliphatic rings. The van der Waals surface area contributed by atoms with Gasteiger partial charge in [0.1, 0.15) is 5.75 Å². The van der Waals surface area contributed by atoms with Crippen LogP contribution < -0.4 is 4.74 Å². The molecule has 0 saturated heterocycles. The molecule has 0 saturated carbocycles. The minimum Gasteiger partial charge on any atom is -0.494 e. The largest absolute Gasteiger partial charge is 0.494 e. The Morgan fingerprint density at radius 2 is 1.94 bits per heavy atom. The molecule has 1 aromatic rings. The first-order chi connectivity index (χ1) is 7.72. The molecule has 1 rings (SSSR count). The Morgan fingerprint density at radius 1 is 1.25 bits per heavy atom. The van der Waals surface area contributed by atoms with Crippen molar-refractivity contribution in [2.24, 2.45) is 0 Å². The van der Waals surface area contributed by atoms with Crippen molar-refractivity contribution in [2.75, 3.05) is 6.61 Å². The zero-order valence-corrected chi connectivity index (χ0v) is 10.3. The summed E-state index contributed by atoms with van der Waals surface area (Å²) in [4.78, 5) is 0. The van der Waals surface area contributed by atoms with Crippen molar-refractivity contribution in [3.8, 4) is 5.75 Å². The van der Waals surface area contributed by atoms with Gasteiger partial charge in [0, 0.05) is 0 Å². The van der Waals surface area contributed by atoms with E-state index in [1.807, 2.05) is 19.1 Å². The maximum absolute atomic E-state index is 9.19. The second kappa shape index (κ2) is 7.29. The van der Waals surface area contributed by atoms with Crippen LogP contribution in [0.1, 0.15) is 38.7 Å². The molecule has 0 aliphatic heterocycles. The molecule has 0 unspecified atom stereocenters. The van der Waals surface area contributed by atoms with Gasteiger partial charge in [0.25, 0.3) is 0 Å². The molecule has 1 aromatic carbocycles. The highest BCUT2D eigenvalue weighted by Gasteiger charge is 1.99. The maximum Gasteiger partial charge on any atom is 0.119 e. The first-order valence-corrected chi connectivity index (χ1v) is 6.12. The van der Waals surface area contributed by atoms with Gasteiger partial charge in [0.15, 0.2) is 0 Å². The third-order valence-corrected chi connectivity index (χ3v) is 2.54. The third-order valence-electron chi connectivity index (χ3n) is 2.54. The summed E-state index contributed by atoms with van der Waals surface area (Å²) in [6.45, 7) is 4.77. The van der Waals surface area contributed by atoms with Gasteiger partial charge >= 0.3 is 0 Å². The Bertz CT molecular complexity index is 277. The molecule has 16 heavy (non-hydrogen) atoms. The molecule has 2 heteroatoms. The van der Waals surface area contributed by atoms with Crippen LogP contribution in [-0.4, -0.2) is 17.8 Å². The minimum absolute atomic E-state index is 0.222. The molecular weight excluding hydrogens is 200 g/mol. The predicted octanol–water partition coefficient (Wildman–Crippen LogP) is 3.18. The summed E-state index contributed by atoms with van der Waals surface area (Å²) >= 11 is 0. The minimum atomic E-state index is -0.222. The average Bonchev–Trinajstić information content (AvgIpc) is 2.28. The number of ether oxygens (including phenoxy) is 1. The zero-order chi connectivity index (χ0) is 11.8. The Hall–Kier alpha value is -1.02. The summed E-state index contributed by atoms with van der Waals surface area (Å²) in [5.74, 6) is 0.939. The molecule has 0 spiro atoms. The molecule has 0 heterocycles.